The molecule has 0 fully saturated rings. The highest BCUT2D eigenvalue weighted by Crippen LogP contribution is 2.04. The summed E-state index contributed by atoms with van der Waals surface area (Å²) in [6.45, 7) is 2.50. The molecule has 2 N–H and O–H groups in total. The zero-order valence-electron chi connectivity index (χ0n) is 15.6. The van der Waals surface area contributed by atoms with Crippen molar-refractivity contribution in [3.05, 3.63) is 66.3 Å². The first-order chi connectivity index (χ1) is 13.2. The van der Waals surface area contributed by atoms with Gasteiger partial charge >= 0.3 is 0 Å². The van der Waals surface area contributed by atoms with E-state index in [4.69, 9.17) is 0 Å². The standard InChI is InChI=1S/C21H26N4O2/c1-2-3-4-9-18(16-24-21(27)19-10-5-6-14-23-19)25-20(26)12-11-17-8-7-13-22-15-17/h5-8,10-15,18H,2-4,9,16H2,1H3,(H,24,27)(H,25,26). The second kappa shape index (κ2) is 11.6. The number of hydrogen-bond acceptors (Lipinski definition) is 4. The number of nitrogens with zero attached hydrogens (tertiary/aromatic N) is 2. The Balaban J connectivity index is 1.89. The van der Waals surface area contributed by atoms with Crippen molar-refractivity contribution in [1.29, 1.82) is 0 Å². The summed E-state index contributed by atoms with van der Waals surface area (Å²) >= 11 is 0. The molecule has 6 nitrogen and oxygen atoms in total. The number of carbonyl (C=O) groups is 2. The molecule has 6 heteroatoms. The molecule has 142 valence electrons. The molecule has 0 spiro atoms. The van der Waals surface area contributed by atoms with Gasteiger partial charge in [0.05, 0.1) is 0 Å². The van der Waals surface area contributed by atoms with Crippen LogP contribution in [-0.2, 0) is 4.79 Å². The molecule has 0 aromatic carbocycles. The van der Waals surface area contributed by atoms with E-state index >= 15 is 0 Å². The Hall–Kier alpha value is -3.02. The largest absolute Gasteiger partial charge is 0.349 e. The summed E-state index contributed by atoms with van der Waals surface area (Å²) in [7, 11) is 0. The van der Waals surface area contributed by atoms with E-state index in [-0.39, 0.29) is 17.9 Å². The fraction of sp³-hybridized carbons (Fsp3) is 0.333. The van der Waals surface area contributed by atoms with Gasteiger partial charge in [0.2, 0.25) is 5.91 Å². The molecular weight excluding hydrogens is 340 g/mol. The minimum Gasteiger partial charge on any atom is -0.349 e. The van der Waals surface area contributed by atoms with Crippen LogP contribution >= 0.6 is 0 Å². The number of aromatic nitrogens is 2. The Morgan fingerprint density at radius 1 is 1.15 bits per heavy atom. The van der Waals surface area contributed by atoms with Gasteiger partial charge < -0.3 is 10.6 Å². The highest BCUT2D eigenvalue weighted by atomic mass is 16.2. The lowest BCUT2D eigenvalue weighted by Gasteiger charge is -2.18. The number of rotatable bonds is 10. The van der Waals surface area contributed by atoms with Gasteiger partial charge in [0.15, 0.2) is 0 Å². The maximum atomic E-state index is 12.2. The van der Waals surface area contributed by atoms with Gasteiger partial charge in [-0.05, 0) is 36.3 Å². The summed E-state index contributed by atoms with van der Waals surface area (Å²) < 4.78 is 0. The Bertz CT molecular complexity index is 732. The molecule has 2 aromatic rings. The molecule has 0 aliphatic carbocycles. The van der Waals surface area contributed by atoms with Gasteiger partial charge in [0.25, 0.3) is 5.91 Å². The van der Waals surface area contributed by atoms with Crippen molar-refractivity contribution < 1.29 is 9.59 Å². The summed E-state index contributed by atoms with van der Waals surface area (Å²) in [6.07, 6.45) is 12.2. The van der Waals surface area contributed by atoms with Crippen LogP contribution in [0.15, 0.2) is 55.0 Å². The predicted molar refractivity (Wildman–Crippen MR) is 106 cm³/mol. The van der Waals surface area contributed by atoms with Crippen LogP contribution in [0.1, 0.15) is 48.7 Å². The highest BCUT2D eigenvalue weighted by molar-refractivity contribution is 5.93. The van der Waals surface area contributed by atoms with Crippen molar-refractivity contribution in [3.63, 3.8) is 0 Å². The first-order valence-electron chi connectivity index (χ1n) is 9.27. The number of nitrogens with one attached hydrogen (secondary N) is 2. The molecule has 0 saturated carbocycles. The van der Waals surface area contributed by atoms with Crippen molar-refractivity contribution >= 4 is 17.9 Å². The molecule has 1 unspecified atom stereocenters. The van der Waals surface area contributed by atoms with E-state index in [1.165, 1.54) is 6.08 Å². The quantitative estimate of drug-likeness (QED) is 0.500. The first-order valence-corrected chi connectivity index (χ1v) is 9.27. The molecule has 2 rings (SSSR count). The van der Waals surface area contributed by atoms with E-state index in [1.807, 2.05) is 12.1 Å². The van der Waals surface area contributed by atoms with Crippen molar-refractivity contribution in [2.45, 2.75) is 38.6 Å². The van der Waals surface area contributed by atoms with Crippen LogP contribution in [0.3, 0.4) is 0 Å². The second-order valence-electron chi connectivity index (χ2n) is 6.25. The minimum absolute atomic E-state index is 0.129. The van der Waals surface area contributed by atoms with Crippen LogP contribution in [0.5, 0.6) is 0 Å². The fourth-order valence-corrected chi connectivity index (χ4v) is 2.57. The molecule has 2 aromatic heterocycles. The third-order valence-electron chi connectivity index (χ3n) is 4.02. The summed E-state index contributed by atoms with van der Waals surface area (Å²) in [4.78, 5) is 32.5. The minimum atomic E-state index is -0.240. The predicted octanol–water partition coefficient (Wildman–Crippen LogP) is 2.98. The molecule has 2 heterocycles. The molecule has 27 heavy (non-hydrogen) atoms. The Kier molecular flexibility index (Phi) is 8.69. The van der Waals surface area contributed by atoms with Crippen LogP contribution in [-0.4, -0.2) is 34.4 Å². The smallest absolute Gasteiger partial charge is 0.269 e. The van der Waals surface area contributed by atoms with Crippen LogP contribution < -0.4 is 10.6 Å². The van der Waals surface area contributed by atoms with Gasteiger partial charge in [-0.15, -0.1) is 0 Å². The maximum absolute atomic E-state index is 12.2. The average Bonchev–Trinajstić information content (AvgIpc) is 2.71. The van der Waals surface area contributed by atoms with Crippen LogP contribution in [0, 0.1) is 0 Å². The van der Waals surface area contributed by atoms with Crippen molar-refractivity contribution in [2.24, 2.45) is 0 Å². The van der Waals surface area contributed by atoms with E-state index in [2.05, 4.69) is 27.5 Å². The Labute approximate surface area is 160 Å². The zero-order chi connectivity index (χ0) is 19.3. The normalized spacial score (nSPS) is 11.9. The molecule has 2 amide bonds. The van der Waals surface area contributed by atoms with Gasteiger partial charge in [0.1, 0.15) is 5.69 Å². The molecule has 0 saturated heterocycles. The van der Waals surface area contributed by atoms with Crippen LogP contribution in [0.4, 0.5) is 0 Å². The second-order valence-corrected chi connectivity index (χ2v) is 6.25. The summed E-state index contributed by atoms with van der Waals surface area (Å²) in [5, 5.41) is 5.83. The third-order valence-corrected chi connectivity index (χ3v) is 4.02. The van der Waals surface area contributed by atoms with E-state index in [0.717, 1.165) is 31.2 Å². The molecule has 1 atom stereocenters. The summed E-state index contributed by atoms with van der Waals surface area (Å²) in [6, 6.07) is 8.76. The SMILES string of the molecule is CCCCCC(CNC(=O)c1ccccn1)NC(=O)C=Cc1cccnc1. The molecule has 0 aliphatic rings. The molecule has 0 bridgehead atoms. The van der Waals surface area contributed by atoms with Crippen molar-refractivity contribution in [2.75, 3.05) is 6.54 Å². The molecule has 0 aliphatic heterocycles. The van der Waals surface area contributed by atoms with Crippen LogP contribution in [0.25, 0.3) is 6.08 Å². The monoisotopic (exact) mass is 366 g/mol. The van der Waals surface area contributed by atoms with Gasteiger partial charge in [-0.2, -0.15) is 0 Å². The Morgan fingerprint density at radius 2 is 2.04 bits per heavy atom. The zero-order valence-corrected chi connectivity index (χ0v) is 15.6. The van der Waals surface area contributed by atoms with E-state index in [1.54, 1.807) is 42.9 Å². The number of amides is 2. The highest BCUT2D eigenvalue weighted by Gasteiger charge is 2.13. The number of hydrogen-bond donors (Lipinski definition) is 2. The van der Waals surface area contributed by atoms with Crippen molar-refractivity contribution in [3.8, 4) is 0 Å². The molecular formula is C21H26N4O2. The summed E-state index contributed by atoms with van der Waals surface area (Å²) in [5.74, 6) is -0.427. The van der Waals surface area contributed by atoms with Gasteiger partial charge in [0, 0.05) is 37.3 Å². The van der Waals surface area contributed by atoms with Crippen molar-refractivity contribution in [1.82, 2.24) is 20.6 Å². The molecule has 0 radical (unpaired) electrons. The third kappa shape index (κ3) is 7.81. The summed E-state index contributed by atoms with van der Waals surface area (Å²) in [5.41, 5.74) is 1.23. The Morgan fingerprint density at radius 3 is 2.74 bits per heavy atom. The number of unbranched alkanes of at least 4 members (excludes halogenated alkanes) is 2. The van der Waals surface area contributed by atoms with Gasteiger partial charge in [-0.1, -0.05) is 38.3 Å². The number of pyridine rings is 2. The van der Waals surface area contributed by atoms with E-state index in [9.17, 15) is 9.59 Å². The lowest BCUT2D eigenvalue weighted by atomic mass is 10.1. The first kappa shape index (κ1) is 20.3. The maximum Gasteiger partial charge on any atom is 0.269 e. The van der Waals surface area contributed by atoms with E-state index < -0.39 is 0 Å². The topological polar surface area (TPSA) is 84.0 Å². The number of carbonyl (C=O) groups excluding carboxylic acids is 2. The van der Waals surface area contributed by atoms with Gasteiger partial charge in [-0.3, -0.25) is 19.6 Å². The fourth-order valence-electron chi connectivity index (χ4n) is 2.57. The lowest BCUT2D eigenvalue weighted by Crippen LogP contribution is -2.43. The van der Waals surface area contributed by atoms with E-state index in [0.29, 0.717) is 12.2 Å². The lowest BCUT2D eigenvalue weighted by molar-refractivity contribution is -0.117. The average molecular weight is 366 g/mol. The van der Waals surface area contributed by atoms with Gasteiger partial charge in [-0.25, -0.2) is 0 Å². The van der Waals surface area contributed by atoms with Crippen LogP contribution in [0.2, 0.25) is 0 Å².